The Hall–Kier alpha value is -2.62. The lowest BCUT2D eigenvalue weighted by Gasteiger charge is -2.33. The standard InChI is InChI=1S/C25H35ClN4O4S/c1-17(2)27-25(32)20(5)29(15-21-10-8-9-11-22(21)26)24(31)16-30(35(33,34)28(6)7)23-14-18(3)12-13-19(23)4/h8-14,17,20H,15-16H2,1-7H3,(H,27,32). The fourth-order valence-corrected chi connectivity index (χ4v) is 4.80. The maximum Gasteiger partial charge on any atom is 0.304 e. The summed E-state index contributed by atoms with van der Waals surface area (Å²) in [6.45, 7) is 8.50. The summed E-state index contributed by atoms with van der Waals surface area (Å²) < 4.78 is 28.7. The molecule has 0 radical (unpaired) electrons. The zero-order valence-electron chi connectivity index (χ0n) is 21.4. The fraction of sp³-hybridized carbons (Fsp3) is 0.440. The van der Waals surface area contributed by atoms with Crippen molar-refractivity contribution in [2.75, 3.05) is 24.9 Å². The van der Waals surface area contributed by atoms with E-state index in [2.05, 4.69) is 5.32 Å². The minimum Gasteiger partial charge on any atom is -0.352 e. The molecule has 0 bridgehead atoms. The fourth-order valence-electron chi connectivity index (χ4n) is 3.49. The highest BCUT2D eigenvalue weighted by molar-refractivity contribution is 7.90. The van der Waals surface area contributed by atoms with Crippen LogP contribution < -0.4 is 9.62 Å². The van der Waals surface area contributed by atoms with Crippen LogP contribution in [-0.4, -0.2) is 62.2 Å². The average molecular weight is 523 g/mol. The van der Waals surface area contributed by atoms with Crippen LogP contribution in [0.2, 0.25) is 5.02 Å². The Morgan fingerprint density at radius 3 is 2.23 bits per heavy atom. The molecule has 0 saturated carbocycles. The summed E-state index contributed by atoms with van der Waals surface area (Å²) in [4.78, 5) is 27.9. The van der Waals surface area contributed by atoms with Gasteiger partial charge in [-0.1, -0.05) is 41.9 Å². The molecule has 0 aliphatic carbocycles. The second-order valence-electron chi connectivity index (χ2n) is 9.04. The number of hydrogen-bond acceptors (Lipinski definition) is 4. The van der Waals surface area contributed by atoms with Gasteiger partial charge in [-0.05, 0) is 63.4 Å². The number of nitrogens with zero attached hydrogens (tertiary/aromatic N) is 3. The van der Waals surface area contributed by atoms with Gasteiger partial charge in [0.15, 0.2) is 0 Å². The number of hydrogen-bond donors (Lipinski definition) is 1. The molecule has 2 amide bonds. The van der Waals surface area contributed by atoms with Crippen molar-refractivity contribution in [3.8, 4) is 0 Å². The van der Waals surface area contributed by atoms with E-state index < -0.39 is 28.7 Å². The third-order valence-electron chi connectivity index (χ3n) is 5.55. The number of aryl methyl sites for hydroxylation is 2. The zero-order chi connectivity index (χ0) is 26.5. The summed E-state index contributed by atoms with van der Waals surface area (Å²) in [5, 5.41) is 3.28. The molecular formula is C25H35ClN4O4S. The van der Waals surface area contributed by atoms with Crippen LogP contribution in [0.25, 0.3) is 0 Å². The van der Waals surface area contributed by atoms with Crippen molar-refractivity contribution in [3.63, 3.8) is 0 Å². The first-order chi connectivity index (χ1) is 16.2. The van der Waals surface area contributed by atoms with Gasteiger partial charge in [-0.15, -0.1) is 0 Å². The van der Waals surface area contributed by atoms with Gasteiger partial charge < -0.3 is 10.2 Å². The Labute approximate surface area is 214 Å². The van der Waals surface area contributed by atoms with Gasteiger partial charge in [0.05, 0.1) is 5.69 Å². The van der Waals surface area contributed by atoms with Crippen molar-refractivity contribution in [3.05, 3.63) is 64.2 Å². The lowest BCUT2D eigenvalue weighted by atomic mass is 10.1. The number of anilines is 1. The van der Waals surface area contributed by atoms with E-state index in [-0.39, 0.29) is 18.5 Å². The molecule has 8 nitrogen and oxygen atoms in total. The molecule has 192 valence electrons. The number of carbonyl (C=O) groups excluding carboxylic acids is 2. The minimum absolute atomic E-state index is 0.0494. The Bertz CT molecular complexity index is 1170. The third kappa shape index (κ3) is 7.19. The van der Waals surface area contributed by atoms with Crippen molar-refractivity contribution < 1.29 is 18.0 Å². The molecule has 0 spiro atoms. The summed E-state index contributed by atoms with van der Waals surface area (Å²) in [6, 6.07) is 11.5. The molecule has 0 heterocycles. The number of carbonyl (C=O) groups is 2. The molecule has 1 atom stereocenters. The average Bonchev–Trinajstić information content (AvgIpc) is 2.77. The van der Waals surface area contributed by atoms with Gasteiger partial charge in [-0.25, -0.2) is 4.31 Å². The summed E-state index contributed by atoms with van der Waals surface area (Å²) in [5.74, 6) is -0.864. The van der Waals surface area contributed by atoms with E-state index in [4.69, 9.17) is 11.6 Å². The molecule has 1 N–H and O–H groups in total. The minimum atomic E-state index is -4.01. The van der Waals surface area contributed by atoms with Crippen molar-refractivity contribution in [2.45, 2.75) is 53.2 Å². The van der Waals surface area contributed by atoms with Crippen molar-refractivity contribution in [1.29, 1.82) is 0 Å². The Morgan fingerprint density at radius 1 is 1.03 bits per heavy atom. The number of benzene rings is 2. The molecule has 0 saturated heterocycles. The van der Waals surface area contributed by atoms with Crippen LogP contribution in [-0.2, 0) is 26.3 Å². The SMILES string of the molecule is Cc1ccc(C)c(N(CC(=O)N(Cc2ccccc2Cl)C(C)C(=O)NC(C)C)S(=O)(=O)N(C)C)c1. The van der Waals surface area contributed by atoms with E-state index in [0.717, 1.165) is 14.2 Å². The van der Waals surface area contributed by atoms with E-state index >= 15 is 0 Å². The van der Waals surface area contributed by atoms with Gasteiger partial charge in [-0.3, -0.25) is 9.59 Å². The predicted molar refractivity (Wildman–Crippen MR) is 141 cm³/mol. The van der Waals surface area contributed by atoms with E-state index in [1.165, 1.54) is 19.0 Å². The van der Waals surface area contributed by atoms with E-state index in [0.29, 0.717) is 21.8 Å². The van der Waals surface area contributed by atoms with Crippen LogP contribution in [0.3, 0.4) is 0 Å². The molecule has 2 aromatic rings. The van der Waals surface area contributed by atoms with Gasteiger partial charge in [0.2, 0.25) is 11.8 Å². The van der Waals surface area contributed by atoms with Crippen molar-refractivity contribution in [1.82, 2.24) is 14.5 Å². The maximum absolute atomic E-state index is 13.7. The summed E-state index contributed by atoms with van der Waals surface area (Å²) >= 11 is 6.34. The molecular weight excluding hydrogens is 488 g/mol. The number of halogens is 1. The van der Waals surface area contributed by atoms with Crippen molar-refractivity contribution >= 4 is 39.3 Å². The van der Waals surface area contributed by atoms with E-state index in [1.54, 1.807) is 44.2 Å². The Balaban J connectivity index is 2.53. The van der Waals surface area contributed by atoms with Gasteiger partial charge in [0.25, 0.3) is 0 Å². The number of nitrogens with one attached hydrogen (secondary N) is 1. The topological polar surface area (TPSA) is 90.0 Å². The third-order valence-corrected chi connectivity index (χ3v) is 7.72. The number of rotatable bonds is 10. The van der Waals surface area contributed by atoms with Gasteiger partial charge in [-0.2, -0.15) is 12.7 Å². The molecule has 2 aromatic carbocycles. The van der Waals surface area contributed by atoms with E-state index in [1.807, 2.05) is 32.9 Å². The van der Waals surface area contributed by atoms with Gasteiger partial charge in [0, 0.05) is 31.7 Å². The van der Waals surface area contributed by atoms with Crippen LogP contribution in [0.1, 0.15) is 37.5 Å². The summed E-state index contributed by atoms with van der Waals surface area (Å²) in [6.07, 6.45) is 0. The zero-order valence-corrected chi connectivity index (χ0v) is 22.9. The predicted octanol–water partition coefficient (Wildman–Crippen LogP) is 3.51. The molecule has 10 heteroatoms. The lowest BCUT2D eigenvalue weighted by Crippen LogP contribution is -2.53. The Morgan fingerprint density at radius 2 is 1.66 bits per heavy atom. The second-order valence-corrected chi connectivity index (χ2v) is 11.5. The first-order valence-electron chi connectivity index (χ1n) is 11.4. The highest BCUT2D eigenvalue weighted by atomic mass is 35.5. The van der Waals surface area contributed by atoms with E-state index in [9.17, 15) is 18.0 Å². The second kappa shape index (κ2) is 11.9. The molecule has 0 fully saturated rings. The quantitative estimate of drug-likeness (QED) is 0.517. The van der Waals surface area contributed by atoms with Crippen LogP contribution in [0, 0.1) is 13.8 Å². The molecule has 2 rings (SSSR count). The number of amides is 2. The molecule has 35 heavy (non-hydrogen) atoms. The van der Waals surface area contributed by atoms with Gasteiger partial charge in [0.1, 0.15) is 12.6 Å². The smallest absolute Gasteiger partial charge is 0.304 e. The van der Waals surface area contributed by atoms with Crippen LogP contribution in [0.15, 0.2) is 42.5 Å². The monoisotopic (exact) mass is 522 g/mol. The Kier molecular flexibility index (Phi) is 9.71. The molecule has 0 aromatic heterocycles. The van der Waals surface area contributed by atoms with Crippen LogP contribution in [0.5, 0.6) is 0 Å². The van der Waals surface area contributed by atoms with Crippen LogP contribution >= 0.6 is 11.6 Å². The normalized spacial score (nSPS) is 12.5. The largest absolute Gasteiger partial charge is 0.352 e. The first kappa shape index (κ1) is 28.6. The first-order valence-corrected chi connectivity index (χ1v) is 13.1. The molecule has 1 unspecified atom stereocenters. The summed E-state index contributed by atoms with van der Waals surface area (Å²) in [7, 11) is -1.18. The lowest BCUT2D eigenvalue weighted by molar-refractivity contribution is -0.139. The summed E-state index contributed by atoms with van der Waals surface area (Å²) in [5.41, 5.74) is 2.62. The molecule has 0 aliphatic rings. The maximum atomic E-state index is 13.7. The molecule has 0 aliphatic heterocycles. The van der Waals surface area contributed by atoms with Crippen molar-refractivity contribution in [2.24, 2.45) is 0 Å². The highest BCUT2D eigenvalue weighted by Crippen LogP contribution is 2.26. The van der Waals surface area contributed by atoms with Gasteiger partial charge >= 0.3 is 10.2 Å². The highest BCUT2D eigenvalue weighted by Gasteiger charge is 2.33. The van der Waals surface area contributed by atoms with Crippen LogP contribution in [0.4, 0.5) is 5.69 Å².